The van der Waals surface area contributed by atoms with Gasteiger partial charge in [0.1, 0.15) is 0 Å². The second-order valence-electron chi connectivity index (χ2n) is 4.40. The number of carbonyl (C=O) groups excluding carboxylic acids is 2. The van der Waals surface area contributed by atoms with E-state index in [2.05, 4.69) is 9.84 Å². The summed E-state index contributed by atoms with van der Waals surface area (Å²) in [6, 6.07) is 9.23. The number of benzene rings is 1. The molecule has 0 fully saturated rings. The van der Waals surface area contributed by atoms with Gasteiger partial charge in [0.25, 0.3) is 0 Å². The zero-order valence-corrected chi connectivity index (χ0v) is 12.5. The van der Waals surface area contributed by atoms with Crippen LogP contribution in [-0.4, -0.2) is 42.0 Å². The lowest BCUT2D eigenvalue weighted by molar-refractivity contribution is -0.149. The summed E-state index contributed by atoms with van der Waals surface area (Å²) in [7, 11) is 2.64. The van der Waals surface area contributed by atoms with E-state index in [9.17, 15) is 9.59 Å². The van der Waals surface area contributed by atoms with Crippen molar-refractivity contribution in [2.45, 2.75) is 13.0 Å². The van der Waals surface area contributed by atoms with E-state index in [4.69, 9.17) is 9.47 Å². The Morgan fingerprint density at radius 2 is 1.86 bits per heavy atom. The van der Waals surface area contributed by atoms with Crippen molar-refractivity contribution in [2.75, 3.05) is 14.2 Å². The first-order valence-electron chi connectivity index (χ1n) is 6.54. The predicted molar refractivity (Wildman–Crippen MR) is 77.0 cm³/mol. The van der Waals surface area contributed by atoms with Crippen molar-refractivity contribution in [2.24, 2.45) is 0 Å². The number of esters is 2. The van der Waals surface area contributed by atoms with Gasteiger partial charge in [-0.2, -0.15) is 5.10 Å². The van der Waals surface area contributed by atoms with Crippen LogP contribution in [0, 0.1) is 0 Å². The Morgan fingerprint density at radius 3 is 2.45 bits per heavy atom. The third kappa shape index (κ3) is 3.25. The Labute approximate surface area is 127 Å². The predicted octanol–water partition coefficient (Wildman–Crippen LogP) is 1.60. The van der Waals surface area contributed by atoms with Gasteiger partial charge in [-0.15, -0.1) is 0 Å². The molecule has 1 aromatic carbocycles. The monoisotopic (exact) mass is 304 g/mol. The molecule has 1 heterocycles. The summed E-state index contributed by atoms with van der Waals surface area (Å²) in [6.07, 6.45) is 0.540. The number of para-hydroxylation sites is 1. The summed E-state index contributed by atoms with van der Waals surface area (Å²) in [5.74, 6) is -1.15. The minimum atomic E-state index is -1.02. The highest BCUT2D eigenvalue weighted by Gasteiger charge is 2.25. The standard InChI is InChI=1S/C15H16N2O5/c1-10(14(18)21-3)22-15(19)13-12(20-2)9-17(16-13)11-7-5-4-6-8-11/h4-10H,1-3H3/t10-/m0/s1. The minimum Gasteiger partial charge on any atom is -0.493 e. The van der Waals surface area contributed by atoms with Crippen molar-refractivity contribution in [1.82, 2.24) is 9.78 Å². The maximum atomic E-state index is 12.1. The highest BCUT2D eigenvalue weighted by molar-refractivity contribution is 5.92. The Bertz CT molecular complexity index is 666. The molecule has 7 nitrogen and oxygen atoms in total. The second-order valence-corrected chi connectivity index (χ2v) is 4.40. The lowest BCUT2D eigenvalue weighted by Gasteiger charge is -2.09. The van der Waals surface area contributed by atoms with Crippen molar-refractivity contribution >= 4 is 11.9 Å². The average molecular weight is 304 g/mol. The second kappa shape index (κ2) is 6.75. The fourth-order valence-electron chi connectivity index (χ4n) is 1.79. The van der Waals surface area contributed by atoms with Crippen molar-refractivity contribution in [3.05, 3.63) is 42.2 Å². The molecule has 0 aliphatic rings. The number of rotatable bonds is 5. The largest absolute Gasteiger partial charge is 0.493 e. The minimum absolute atomic E-state index is 0.0119. The number of ether oxygens (including phenoxy) is 3. The highest BCUT2D eigenvalue weighted by atomic mass is 16.6. The fraction of sp³-hybridized carbons (Fsp3) is 0.267. The molecule has 0 aliphatic heterocycles. The number of nitrogens with zero attached hydrogens (tertiary/aromatic N) is 2. The van der Waals surface area contributed by atoms with E-state index in [1.165, 1.54) is 25.8 Å². The first-order valence-corrected chi connectivity index (χ1v) is 6.54. The van der Waals surface area contributed by atoms with Gasteiger partial charge in [-0.25, -0.2) is 14.3 Å². The number of hydrogen-bond donors (Lipinski definition) is 0. The van der Waals surface area contributed by atoms with Crippen molar-refractivity contribution in [3.63, 3.8) is 0 Å². The van der Waals surface area contributed by atoms with Gasteiger partial charge in [-0.1, -0.05) is 18.2 Å². The third-order valence-electron chi connectivity index (χ3n) is 2.93. The summed E-state index contributed by atoms with van der Waals surface area (Å²) in [6.45, 7) is 1.42. The maximum absolute atomic E-state index is 12.1. The van der Waals surface area contributed by atoms with E-state index >= 15 is 0 Å². The maximum Gasteiger partial charge on any atom is 0.363 e. The van der Waals surface area contributed by atoms with E-state index < -0.39 is 18.0 Å². The lowest BCUT2D eigenvalue weighted by atomic mass is 10.3. The van der Waals surface area contributed by atoms with Crippen molar-refractivity contribution in [1.29, 1.82) is 0 Å². The Balaban J connectivity index is 2.25. The Hall–Kier alpha value is -2.83. The number of hydrogen-bond acceptors (Lipinski definition) is 6. The van der Waals surface area contributed by atoms with Crippen LogP contribution in [0.4, 0.5) is 0 Å². The van der Waals surface area contributed by atoms with Gasteiger partial charge < -0.3 is 14.2 Å². The van der Waals surface area contributed by atoms with Crippen LogP contribution in [0.3, 0.4) is 0 Å². The van der Waals surface area contributed by atoms with Gasteiger partial charge in [0.05, 0.1) is 26.1 Å². The van der Waals surface area contributed by atoms with Crippen LogP contribution >= 0.6 is 0 Å². The molecule has 116 valence electrons. The molecule has 1 atom stereocenters. The van der Waals surface area contributed by atoms with Gasteiger partial charge in [-0.05, 0) is 19.1 Å². The summed E-state index contributed by atoms with van der Waals surface area (Å²) < 4.78 is 16.2. The molecule has 0 N–H and O–H groups in total. The summed E-state index contributed by atoms with van der Waals surface area (Å²) in [5.41, 5.74) is 0.753. The molecule has 2 aromatic rings. The third-order valence-corrected chi connectivity index (χ3v) is 2.93. The van der Waals surface area contributed by atoms with Crippen LogP contribution in [0.2, 0.25) is 0 Å². The van der Waals surface area contributed by atoms with Crippen LogP contribution in [0.1, 0.15) is 17.4 Å². The van der Waals surface area contributed by atoms with Gasteiger partial charge in [-0.3, -0.25) is 0 Å². The van der Waals surface area contributed by atoms with E-state index in [0.717, 1.165) is 5.69 Å². The zero-order valence-electron chi connectivity index (χ0n) is 12.5. The molecule has 22 heavy (non-hydrogen) atoms. The molecule has 0 bridgehead atoms. The molecule has 0 amide bonds. The molecule has 7 heteroatoms. The van der Waals surface area contributed by atoms with Gasteiger partial charge >= 0.3 is 11.9 Å². The number of methoxy groups -OCH3 is 2. The summed E-state index contributed by atoms with van der Waals surface area (Å²) in [5, 5.41) is 4.15. The van der Waals surface area contributed by atoms with Crippen LogP contribution in [0.5, 0.6) is 5.75 Å². The molecule has 1 aromatic heterocycles. The van der Waals surface area contributed by atoms with Crippen LogP contribution in [0.15, 0.2) is 36.5 Å². The molecule has 0 saturated carbocycles. The average Bonchev–Trinajstić information content (AvgIpc) is 2.99. The normalized spacial score (nSPS) is 11.6. The smallest absolute Gasteiger partial charge is 0.363 e. The van der Waals surface area contributed by atoms with Crippen LogP contribution < -0.4 is 4.74 Å². The summed E-state index contributed by atoms with van der Waals surface area (Å²) in [4.78, 5) is 23.4. The first-order chi connectivity index (χ1) is 10.6. The van der Waals surface area contributed by atoms with E-state index in [1.54, 1.807) is 6.20 Å². The van der Waals surface area contributed by atoms with Crippen LogP contribution in [0.25, 0.3) is 5.69 Å². The van der Waals surface area contributed by atoms with E-state index in [-0.39, 0.29) is 11.4 Å². The Morgan fingerprint density at radius 1 is 1.18 bits per heavy atom. The summed E-state index contributed by atoms with van der Waals surface area (Å²) >= 11 is 0. The topological polar surface area (TPSA) is 79.7 Å². The van der Waals surface area contributed by atoms with Gasteiger partial charge in [0.2, 0.25) is 5.69 Å². The van der Waals surface area contributed by atoms with Gasteiger partial charge in [0.15, 0.2) is 11.9 Å². The van der Waals surface area contributed by atoms with Gasteiger partial charge in [0, 0.05) is 0 Å². The molecular weight excluding hydrogens is 288 g/mol. The zero-order chi connectivity index (χ0) is 16.1. The quantitative estimate of drug-likeness (QED) is 0.781. The fourth-order valence-corrected chi connectivity index (χ4v) is 1.79. The molecule has 0 spiro atoms. The van der Waals surface area contributed by atoms with Crippen LogP contribution in [-0.2, 0) is 14.3 Å². The molecular formula is C15H16N2O5. The Kier molecular flexibility index (Phi) is 4.77. The number of aromatic nitrogens is 2. The first kappa shape index (κ1) is 15.6. The number of carbonyl (C=O) groups is 2. The molecule has 0 radical (unpaired) electrons. The van der Waals surface area contributed by atoms with Crippen molar-refractivity contribution < 1.29 is 23.8 Å². The SMILES string of the molecule is COC(=O)[C@H](C)OC(=O)c1nn(-c2ccccc2)cc1OC. The molecule has 0 unspecified atom stereocenters. The molecule has 0 saturated heterocycles. The van der Waals surface area contributed by atoms with E-state index in [1.807, 2.05) is 30.3 Å². The lowest BCUT2D eigenvalue weighted by Crippen LogP contribution is -2.25. The molecule has 0 aliphatic carbocycles. The highest BCUT2D eigenvalue weighted by Crippen LogP contribution is 2.20. The van der Waals surface area contributed by atoms with Crippen molar-refractivity contribution in [3.8, 4) is 11.4 Å². The molecule has 2 rings (SSSR count). The van der Waals surface area contributed by atoms with E-state index in [0.29, 0.717) is 0 Å².